The molecule has 4 aromatic rings. The highest BCUT2D eigenvalue weighted by Crippen LogP contribution is 2.25. The first-order chi connectivity index (χ1) is 12.3. The average molecular weight is 328 g/mol. The molecule has 0 unspecified atom stereocenters. The highest BCUT2D eigenvalue weighted by Gasteiger charge is 2.11. The molecule has 2 nitrogen and oxygen atoms in total. The molecule has 2 heteroatoms. The van der Waals surface area contributed by atoms with E-state index in [4.69, 9.17) is 9.47 Å². The second kappa shape index (κ2) is 6.86. The van der Waals surface area contributed by atoms with Crippen molar-refractivity contribution in [2.24, 2.45) is 0 Å². The van der Waals surface area contributed by atoms with Crippen LogP contribution in [0.5, 0.6) is 11.5 Å². The molecule has 0 spiro atoms. The topological polar surface area (TPSA) is 18.5 Å². The minimum absolute atomic E-state index is 0.317. The van der Waals surface area contributed by atoms with Crippen LogP contribution in [-0.4, -0.2) is 6.29 Å². The van der Waals surface area contributed by atoms with Gasteiger partial charge in [-0.15, -0.1) is 0 Å². The summed E-state index contributed by atoms with van der Waals surface area (Å²) in [6.45, 7) is 2.06. The van der Waals surface area contributed by atoms with Crippen molar-refractivity contribution >= 4 is 21.5 Å². The zero-order valence-corrected chi connectivity index (χ0v) is 14.2. The zero-order chi connectivity index (χ0) is 17.1. The molecule has 0 aromatic heterocycles. The van der Waals surface area contributed by atoms with Gasteiger partial charge in [-0.25, -0.2) is 0 Å². The summed E-state index contributed by atoms with van der Waals surface area (Å²) in [6.07, 6.45) is 0.446. The van der Waals surface area contributed by atoms with Crippen LogP contribution in [0, 0.1) is 0 Å². The molecular weight excluding hydrogens is 308 g/mol. The van der Waals surface area contributed by atoms with Crippen LogP contribution in [0.3, 0.4) is 0 Å². The molecule has 0 aliphatic heterocycles. The normalized spacial score (nSPS) is 11.1. The van der Waals surface area contributed by atoms with Gasteiger partial charge in [0.2, 0.25) is 6.29 Å². The summed E-state index contributed by atoms with van der Waals surface area (Å²) in [5.74, 6) is 1.65. The monoisotopic (exact) mass is 328 g/mol. The van der Waals surface area contributed by atoms with Gasteiger partial charge in [-0.05, 0) is 45.8 Å². The van der Waals surface area contributed by atoms with Gasteiger partial charge in [-0.1, -0.05) is 67.6 Å². The van der Waals surface area contributed by atoms with Crippen LogP contribution >= 0.6 is 0 Å². The second-order valence-corrected chi connectivity index (χ2v) is 6.09. The smallest absolute Gasteiger partial charge is 0.240 e. The second-order valence-electron chi connectivity index (χ2n) is 6.09. The molecule has 0 atom stereocenters. The standard InChI is InChI=1S/C23H20O2/c1-2-23(24-21-13-11-17-7-3-5-9-19(17)15-21)25-22-14-12-18-8-4-6-10-20(18)16-22/h3-16,23H,2H2,1H3. The van der Waals surface area contributed by atoms with Crippen molar-refractivity contribution in [2.45, 2.75) is 19.6 Å². The maximum Gasteiger partial charge on any atom is 0.240 e. The van der Waals surface area contributed by atoms with Gasteiger partial charge < -0.3 is 9.47 Å². The number of fused-ring (bicyclic) bond motifs is 2. The lowest BCUT2D eigenvalue weighted by Crippen LogP contribution is -2.22. The van der Waals surface area contributed by atoms with Gasteiger partial charge in [0.15, 0.2) is 0 Å². The SMILES string of the molecule is CCC(Oc1ccc2ccccc2c1)Oc1ccc2ccccc2c1. The van der Waals surface area contributed by atoms with E-state index in [9.17, 15) is 0 Å². The third-order valence-corrected chi connectivity index (χ3v) is 4.31. The van der Waals surface area contributed by atoms with Crippen LogP contribution in [0.2, 0.25) is 0 Å². The number of hydrogen-bond acceptors (Lipinski definition) is 2. The summed E-state index contributed by atoms with van der Waals surface area (Å²) in [7, 11) is 0. The average Bonchev–Trinajstić information content (AvgIpc) is 2.67. The van der Waals surface area contributed by atoms with E-state index < -0.39 is 0 Å². The summed E-state index contributed by atoms with van der Waals surface area (Å²) in [6, 6.07) is 28.8. The minimum atomic E-state index is -0.317. The molecule has 0 aliphatic rings. The van der Waals surface area contributed by atoms with E-state index in [0.717, 1.165) is 17.9 Å². The molecule has 0 bridgehead atoms. The quantitative estimate of drug-likeness (QED) is 0.407. The van der Waals surface area contributed by atoms with Gasteiger partial charge in [0.25, 0.3) is 0 Å². The molecule has 0 amide bonds. The molecule has 0 N–H and O–H groups in total. The van der Waals surface area contributed by atoms with Gasteiger partial charge in [-0.3, -0.25) is 0 Å². The fourth-order valence-electron chi connectivity index (χ4n) is 2.98. The lowest BCUT2D eigenvalue weighted by atomic mass is 10.1. The lowest BCUT2D eigenvalue weighted by molar-refractivity contribution is 0.00352. The summed E-state index contributed by atoms with van der Waals surface area (Å²) in [4.78, 5) is 0. The molecular formula is C23H20O2. The highest BCUT2D eigenvalue weighted by atomic mass is 16.7. The highest BCUT2D eigenvalue weighted by molar-refractivity contribution is 5.84. The van der Waals surface area contributed by atoms with E-state index in [-0.39, 0.29) is 6.29 Å². The predicted octanol–water partition coefficient (Wildman–Crippen LogP) is 6.19. The number of rotatable bonds is 5. The van der Waals surface area contributed by atoms with Crippen molar-refractivity contribution in [3.05, 3.63) is 84.9 Å². The maximum atomic E-state index is 6.07. The van der Waals surface area contributed by atoms with Gasteiger partial charge in [0.05, 0.1) is 0 Å². The molecule has 0 aliphatic carbocycles. The van der Waals surface area contributed by atoms with E-state index in [2.05, 4.69) is 55.5 Å². The lowest BCUT2D eigenvalue weighted by Gasteiger charge is -2.19. The van der Waals surface area contributed by atoms with Crippen molar-refractivity contribution < 1.29 is 9.47 Å². The van der Waals surface area contributed by atoms with E-state index in [0.29, 0.717) is 0 Å². The molecule has 0 radical (unpaired) electrons. The van der Waals surface area contributed by atoms with E-state index in [1.807, 2.05) is 36.4 Å². The summed E-state index contributed by atoms with van der Waals surface area (Å²) >= 11 is 0. The number of hydrogen-bond donors (Lipinski definition) is 0. The molecule has 0 fully saturated rings. The Morgan fingerprint density at radius 1 is 0.600 bits per heavy atom. The molecule has 0 heterocycles. The van der Waals surface area contributed by atoms with Crippen molar-refractivity contribution in [3.8, 4) is 11.5 Å². The van der Waals surface area contributed by atoms with Crippen molar-refractivity contribution in [3.63, 3.8) is 0 Å². The van der Waals surface area contributed by atoms with Crippen molar-refractivity contribution in [1.82, 2.24) is 0 Å². The third-order valence-electron chi connectivity index (χ3n) is 4.31. The van der Waals surface area contributed by atoms with Crippen molar-refractivity contribution in [2.75, 3.05) is 0 Å². The van der Waals surface area contributed by atoms with Crippen LogP contribution in [0.1, 0.15) is 13.3 Å². The molecule has 4 rings (SSSR count). The fraction of sp³-hybridized carbons (Fsp3) is 0.130. The third kappa shape index (κ3) is 3.43. The largest absolute Gasteiger partial charge is 0.455 e. The van der Waals surface area contributed by atoms with Gasteiger partial charge in [-0.2, -0.15) is 0 Å². The van der Waals surface area contributed by atoms with Crippen LogP contribution in [-0.2, 0) is 0 Å². The Morgan fingerprint density at radius 3 is 1.48 bits per heavy atom. The molecule has 25 heavy (non-hydrogen) atoms. The first-order valence-electron chi connectivity index (χ1n) is 8.63. The Labute approximate surface area is 147 Å². The Kier molecular flexibility index (Phi) is 4.26. The van der Waals surface area contributed by atoms with Crippen molar-refractivity contribution in [1.29, 1.82) is 0 Å². The maximum absolute atomic E-state index is 6.07. The van der Waals surface area contributed by atoms with Crippen LogP contribution in [0.25, 0.3) is 21.5 Å². The number of benzene rings is 4. The van der Waals surface area contributed by atoms with E-state index in [1.165, 1.54) is 21.5 Å². The first kappa shape index (κ1) is 15.5. The Bertz CT molecular complexity index is 925. The molecule has 0 saturated heterocycles. The Morgan fingerprint density at radius 2 is 1.04 bits per heavy atom. The van der Waals surface area contributed by atoms with Gasteiger partial charge >= 0.3 is 0 Å². The van der Waals surface area contributed by atoms with Gasteiger partial charge in [0, 0.05) is 6.42 Å². The van der Waals surface area contributed by atoms with Crippen LogP contribution in [0.15, 0.2) is 84.9 Å². The van der Waals surface area contributed by atoms with Crippen LogP contribution in [0.4, 0.5) is 0 Å². The minimum Gasteiger partial charge on any atom is -0.455 e. The summed E-state index contributed by atoms with van der Waals surface area (Å²) < 4.78 is 12.1. The molecule has 124 valence electrons. The van der Waals surface area contributed by atoms with Gasteiger partial charge in [0.1, 0.15) is 11.5 Å². The Balaban J connectivity index is 1.54. The predicted molar refractivity (Wildman–Crippen MR) is 103 cm³/mol. The molecule has 4 aromatic carbocycles. The Hall–Kier alpha value is -3.00. The van der Waals surface area contributed by atoms with E-state index in [1.54, 1.807) is 0 Å². The summed E-state index contributed by atoms with van der Waals surface area (Å²) in [5, 5.41) is 4.75. The fourth-order valence-corrected chi connectivity index (χ4v) is 2.98. The van der Waals surface area contributed by atoms with E-state index >= 15 is 0 Å². The first-order valence-corrected chi connectivity index (χ1v) is 8.63. The number of ether oxygens (including phenoxy) is 2. The zero-order valence-electron chi connectivity index (χ0n) is 14.2. The summed E-state index contributed by atoms with van der Waals surface area (Å²) in [5.41, 5.74) is 0. The molecule has 0 saturated carbocycles. The van der Waals surface area contributed by atoms with Crippen LogP contribution < -0.4 is 9.47 Å².